The summed E-state index contributed by atoms with van der Waals surface area (Å²) < 4.78 is 38.8. The highest BCUT2D eigenvalue weighted by Crippen LogP contribution is 2.32. The number of halogens is 3. The molecule has 0 fully saturated rings. The van der Waals surface area contributed by atoms with Crippen molar-refractivity contribution in [2.45, 2.75) is 19.5 Å². The van der Waals surface area contributed by atoms with Crippen LogP contribution in [-0.4, -0.2) is 40.9 Å². The van der Waals surface area contributed by atoms with Crippen LogP contribution in [0, 0.1) is 0 Å². The fraction of sp³-hybridized carbons (Fsp3) is 0.400. The van der Waals surface area contributed by atoms with Crippen molar-refractivity contribution in [1.29, 1.82) is 0 Å². The van der Waals surface area contributed by atoms with E-state index in [1.165, 1.54) is 27.7 Å². The Bertz CT molecular complexity index is 669. The van der Waals surface area contributed by atoms with Crippen LogP contribution in [0.15, 0.2) is 18.2 Å². The van der Waals surface area contributed by atoms with Crippen LogP contribution >= 0.6 is 21.6 Å². The summed E-state index contributed by atoms with van der Waals surface area (Å²) >= 11 is 0. The van der Waals surface area contributed by atoms with E-state index in [9.17, 15) is 27.6 Å². The smallest absolute Gasteiger partial charge is 0.416 e. The number of hydrogen-bond acceptors (Lipinski definition) is 5. The molecule has 144 valence electrons. The summed E-state index contributed by atoms with van der Waals surface area (Å²) in [5.41, 5.74) is -1.37. The first-order valence-corrected chi connectivity index (χ1v) is 9.82. The molecule has 6 nitrogen and oxygen atoms in total. The van der Waals surface area contributed by atoms with Crippen LogP contribution in [-0.2, 0) is 15.8 Å². The Balaban J connectivity index is 2.64. The first kappa shape index (κ1) is 22.2. The minimum Gasteiger partial charge on any atom is -0.481 e. The second-order valence-electron chi connectivity index (χ2n) is 5.02. The lowest BCUT2D eigenvalue weighted by Crippen LogP contribution is -2.26. The molecule has 3 N–H and O–H groups in total. The Morgan fingerprint density at radius 3 is 2.35 bits per heavy atom. The molecule has 0 heterocycles. The van der Waals surface area contributed by atoms with Crippen LogP contribution in [0.2, 0.25) is 0 Å². The van der Waals surface area contributed by atoms with Crippen LogP contribution < -0.4 is 10.6 Å². The number of nitrogens with one attached hydrogen (secondary N) is 2. The van der Waals surface area contributed by atoms with E-state index >= 15 is 0 Å². The zero-order chi connectivity index (χ0) is 19.7. The Labute approximate surface area is 155 Å². The molecule has 1 aromatic rings. The number of carboxylic acid groups (broad SMARTS) is 1. The molecule has 0 saturated carbocycles. The van der Waals surface area contributed by atoms with Crippen LogP contribution in [0.4, 0.5) is 18.9 Å². The van der Waals surface area contributed by atoms with Crippen molar-refractivity contribution in [1.82, 2.24) is 5.32 Å². The number of carbonyl (C=O) groups is 3. The summed E-state index contributed by atoms with van der Waals surface area (Å²) in [6, 6.07) is 2.64. The number of amides is 2. The number of alkyl halides is 3. The van der Waals surface area contributed by atoms with Gasteiger partial charge in [0.25, 0.3) is 5.91 Å². The first-order chi connectivity index (χ1) is 12.1. The van der Waals surface area contributed by atoms with Crippen molar-refractivity contribution in [2.75, 3.05) is 23.4 Å². The predicted molar refractivity (Wildman–Crippen MR) is 95.2 cm³/mol. The topological polar surface area (TPSA) is 95.5 Å². The van der Waals surface area contributed by atoms with Gasteiger partial charge in [-0.05, 0) is 18.2 Å². The number of rotatable bonds is 9. The molecular weight excluding hydrogens is 393 g/mol. The van der Waals surface area contributed by atoms with Crippen LogP contribution in [0.5, 0.6) is 0 Å². The van der Waals surface area contributed by atoms with Crippen molar-refractivity contribution in [2.24, 2.45) is 0 Å². The van der Waals surface area contributed by atoms with Crippen molar-refractivity contribution in [3.05, 3.63) is 29.3 Å². The summed E-state index contributed by atoms with van der Waals surface area (Å²) in [5.74, 6) is -1.26. The molecule has 1 rings (SSSR count). The molecule has 0 bridgehead atoms. The molecule has 0 spiro atoms. The van der Waals surface area contributed by atoms with E-state index in [1.807, 2.05) is 0 Å². The van der Waals surface area contributed by atoms with E-state index in [4.69, 9.17) is 5.11 Å². The summed E-state index contributed by atoms with van der Waals surface area (Å²) in [5, 5.41) is 13.2. The van der Waals surface area contributed by atoms with Crippen molar-refractivity contribution < 1.29 is 32.7 Å². The highest BCUT2D eigenvalue weighted by atomic mass is 33.1. The van der Waals surface area contributed by atoms with Gasteiger partial charge in [-0.15, -0.1) is 0 Å². The third-order valence-corrected chi connectivity index (χ3v) is 5.20. The van der Waals surface area contributed by atoms with Gasteiger partial charge in [0.1, 0.15) is 0 Å². The van der Waals surface area contributed by atoms with E-state index in [0.717, 1.165) is 19.1 Å². The molecule has 0 radical (unpaired) electrons. The monoisotopic (exact) mass is 410 g/mol. The van der Waals surface area contributed by atoms with Gasteiger partial charge in [-0.25, -0.2) is 0 Å². The fourth-order valence-electron chi connectivity index (χ4n) is 1.75. The number of aliphatic carboxylic acids is 1. The normalized spacial score (nSPS) is 11.1. The zero-order valence-electron chi connectivity index (χ0n) is 13.7. The molecule has 1 aromatic carbocycles. The van der Waals surface area contributed by atoms with Gasteiger partial charge in [-0.1, -0.05) is 21.6 Å². The quantitative estimate of drug-likeness (QED) is 0.427. The molecule has 0 aromatic heterocycles. The lowest BCUT2D eigenvalue weighted by molar-refractivity contribution is -0.138. The summed E-state index contributed by atoms with van der Waals surface area (Å²) in [4.78, 5) is 33.5. The molecule has 2 amide bonds. The van der Waals surface area contributed by atoms with Crippen LogP contribution in [0.25, 0.3) is 0 Å². The van der Waals surface area contributed by atoms with Crippen molar-refractivity contribution in [3.8, 4) is 0 Å². The third-order valence-electron chi connectivity index (χ3n) is 2.80. The van der Waals surface area contributed by atoms with E-state index < -0.39 is 29.5 Å². The van der Waals surface area contributed by atoms with E-state index in [1.54, 1.807) is 0 Å². The number of benzene rings is 1. The lowest BCUT2D eigenvalue weighted by atomic mass is 10.1. The molecule has 0 saturated heterocycles. The number of carboxylic acids is 1. The first-order valence-electron chi connectivity index (χ1n) is 7.34. The second-order valence-corrected chi connectivity index (χ2v) is 7.72. The fourth-order valence-corrected chi connectivity index (χ4v) is 3.64. The van der Waals surface area contributed by atoms with Gasteiger partial charge in [-0.2, -0.15) is 13.2 Å². The lowest BCUT2D eigenvalue weighted by Gasteiger charge is -2.12. The summed E-state index contributed by atoms with van der Waals surface area (Å²) in [6.45, 7) is 1.36. The number of carbonyl (C=O) groups excluding carboxylic acids is 2. The van der Waals surface area contributed by atoms with E-state index in [-0.39, 0.29) is 24.2 Å². The molecule has 0 aliphatic heterocycles. The minimum absolute atomic E-state index is 0.0280. The highest BCUT2D eigenvalue weighted by molar-refractivity contribution is 8.76. The average Bonchev–Trinajstić information content (AvgIpc) is 2.51. The van der Waals surface area contributed by atoms with E-state index in [2.05, 4.69) is 10.6 Å². The van der Waals surface area contributed by atoms with Crippen LogP contribution in [0.3, 0.4) is 0 Å². The number of anilines is 1. The van der Waals surface area contributed by atoms with Gasteiger partial charge in [0.2, 0.25) is 5.91 Å². The molecule has 11 heteroatoms. The Morgan fingerprint density at radius 2 is 1.77 bits per heavy atom. The molecule has 0 unspecified atom stereocenters. The van der Waals surface area contributed by atoms with Gasteiger partial charge < -0.3 is 15.7 Å². The van der Waals surface area contributed by atoms with Gasteiger partial charge in [0.05, 0.1) is 12.0 Å². The Hall–Kier alpha value is -1.88. The van der Waals surface area contributed by atoms with Gasteiger partial charge in [0.15, 0.2) is 0 Å². The molecule has 26 heavy (non-hydrogen) atoms. The molecular formula is C15H17F3N2O4S2. The van der Waals surface area contributed by atoms with Gasteiger partial charge in [0, 0.05) is 36.2 Å². The average molecular weight is 410 g/mol. The SMILES string of the molecule is CC(=O)Nc1cc(C(=O)NCCSSCCC(=O)O)cc(C(F)(F)F)c1. The zero-order valence-corrected chi connectivity index (χ0v) is 15.3. The maximum absolute atomic E-state index is 12.9. The Morgan fingerprint density at radius 1 is 1.12 bits per heavy atom. The van der Waals surface area contributed by atoms with Gasteiger partial charge in [-0.3, -0.25) is 14.4 Å². The van der Waals surface area contributed by atoms with Crippen molar-refractivity contribution >= 4 is 45.1 Å². The standard InChI is InChI=1S/C15H17F3N2O4S2/c1-9(21)20-12-7-10(6-11(8-12)15(16,17)18)14(24)19-3-5-26-25-4-2-13(22)23/h6-8H,2-5H2,1H3,(H,19,24)(H,20,21)(H,22,23). The Kier molecular flexibility index (Phi) is 8.79. The third kappa shape index (κ3) is 8.48. The summed E-state index contributed by atoms with van der Waals surface area (Å²) in [7, 11) is 2.69. The largest absolute Gasteiger partial charge is 0.481 e. The number of hydrogen-bond donors (Lipinski definition) is 3. The van der Waals surface area contributed by atoms with Crippen LogP contribution in [0.1, 0.15) is 29.3 Å². The maximum Gasteiger partial charge on any atom is 0.416 e. The van der Waals surface area contributed by atoms with Gasteiger partial charge >= 0.3 is 12.1 Å². The predicted octanol–water partition coefficient (Wildman–Crippen LogP) is 3.25. The molecule has 0 atom stereocenters. The highest BCUT2D eigenvalue weighted by Gasteiger charge is 2.32. The maximum atomic E-state index is 12.9. The van der Waals surface area contributed by atoms with E-state index in [0.29, 0.717) is 11.5 Å². The molecule has 0 aliphatic rings. The van der Waals surface area contributed by atoms with Crippen molar-refractivity contribution in [3.63, 3.8) is 0 Å². The second kappa shape index (κ2) is 10.3. The molecule has 0 aliphatic carbocycles. The summed E-state index contributed by atoms with van der Waals surface area (Å²) in [6.07, 6.45) is -4.62. The minimum atomic E-state index is -4.65.